The van der Waals surface area contributed by atoms with Crippen molar-refractivity contribution in [2.24, 2.45) is 0 Å². The zero-order valence-electron chi connectivity index (χ0n) is 7.97. The lowest BCUT2D eigenvalue weighted by Gasteiger charge is -2.00. The van der Waals surface area contributed by atoms with Gasteiger partial charge in [0.15, 0.2) is 0 Å². The smallest absolute Gasteiger partial charge is 0.114 e. The van der Waals surface area contributed by atoms with Crippen LogP contribution in [0.3, 0.4) is 0 Å². The summed E-state index contributed by atoms with van der Waals surface area (Å²) in [7, 11) is 0. The molecule has 1 aliphatic carbocycles. The Morgan fingerprint density at radius 2 is 1.46 bits per heavy atom. The van der Waals surface area contributed by atoms with E-state index in [1.54, 1.807) is 0 Å². The van der Waals surface area contributed by atoms with Crippen LogP contribution >= 0.6 is 0 Å². The molecule has 0 heterocycles. The van der Waals surface area contributed by atoms with Gasteiger partial charge >= 0.3 is 0 Å². The third-order valence-corrected chi connectivity index (χ3v) is 2.03. The molecule has 0 bridgehead atoms. The summed E-state index contributed by atoms with van der Waals surface area (Å²) in [6, 6.07) is 0. The van der Waals surface area contributed by atoms with E-state index in [4.69, 9.17) is 0 Å². The average molecular weight is 176 g/mol. The summed E-state index contributed by atoms with van der Waals surface area (Å²) in [5.41, 5.74) is 0. The standard InChI is InChI=1S/C12H16O/c13-12-10-8-6-4-2-1-3-5-7-9-11-12/h12-13H,1-2,4,6-7,9,11H2. The number of rotatable bonds is 0. The monoisotopic (exact) mass is 176 g/mol. The predicted molar refractivity (Wildman–Crippen MR) is 53.9 cm³/mol. The van der Waals surface area contributed by atoms with Crippen LogP contribution in [0.15, 0.2) is 0 Å². The quantitative estimate of drug-likeness (QED) is 0.560. The first-order valence-corrected chi connectivity index (χ1v) is 5.02. The minimum Gasteiger partial charge on any atom is -0.380 e. The Morgan fingerprint density at radius 3 is 2.23 bits per heavy atom. The molecule has 0 aromatic heterocycles. The molecule has 1 nitrogen and oxygen atoms in total. The normalized spacial score (nSPS) is 23.9. The van der Waals surface area contributed by atoms with Crippen LogP contribution in [0.4, 0.5) is 0 Å². The maximum Gasteiger partial charge on any atom is 0.114 e. The molecule has 0 aliphatic heterocycles. The number of aliphatic hydroxyl groups is 1. The molecule has 0 fully saturated rings. The third-order valence-electron chi connectivity index (χ3n) is 2.03. The summed E-state index contributed by atoms with van der Waals surface area (Å²) in [5.74, 6) is 12.1. The van der Waals surface area contributed by atoms with Gasteiger partial charge in [-0.3, -0.25) is 0 Å². The Labute approximate surface area is 80.5 Å². The van der Waals surface area contributed by atoms with Crippen LogP contribution in [-0.2, 0) is 0 Å². The van der Waals surface area contributed by atoms with Gasteiger partial charge in [0.1, 0.15) is 6.10 Å². The van der Waals surface area contributed by atoms with Gasteiger partial charge in [-0.25, -0.2) is 0 Å². The van der Waals surface area contributed by atoms with E-state index >= 15 is 0 Å². The zero-order valence-corrected chi connectivity index (χ0v) is 7.97. The van der Waals surface area contributed by atoms with Crippen LogP contribution in [0.5, 0.6) is 0 Å². The van der Waals surface area contributed by atoms with Gasteiger partial charge in [0.25, 0.3) is 0 Å². The van der Waals surface area contributed by atoms with Crippen LogP contribution < -0.4 is 0 Å². The van der Waals surface area contributed by atoms with Crippen molar-refractivity contribution in [1.82, 2.24) is 0 Å². The van der Waals surface area contributed by atoms with Gasteiger partial charge in [0, 0.05) is 19.3 Å². The van der Waals surface area contributed by atoms with Crippen molar-refractivity contribution in [3.63, 3.8) is 0 Å². The molecular formula is C12H16O. The van der Waals surface area contributed by atoms with Crippen LogP contribution in [0.1, 0.15) is 44.9 Å². The summed E-state index contributed by atoms with van der Waals surface area (Å²) in [5, 5.41) is 9.37. The van der Waals surface area contributed by atoms with E-state index in [-0.39, 0.29) is 0 Å². The van der Waals surface area contributed by atoms with Crippen LogP contribution in [0.2, 0.25) is 0 Å². The fourth-order valence-corrected chi connectivity index (χ4v) is 1.25. The molecule has 0 aromatic rings. The van der Waals surface area contributed by atoms with E-state index in [1.165, 1.54) is 0 Å². The molecule has 0 saturated heterocycles. The van der Waals surface area contributed by atoms with Gasteiger partial charge in [0.05, 0.1) is 0 Å². The first-order valence-electron chi connectivity index (χ1n) is 5.02. The molecule has 0 amide bonds. The first kappa shape index (κ1) is 10.2. The minimum atomic E-state index is -0.429. The van der Waals surface area contributed by atoms with Crippen molar-refractivity contribution in [3.8, 4) is 23.7 Å². The zero-order chi connectivity index (χ0) is 9.36. The molecule has 0 aromatic carbocycles. The minimum absolute atomic E-state index is 0.429. The van der Waals surface area contributed by atoms with Gasteiger partial charge in [0.2, 0.25) is 0 Å². The van der Waals surface area contributed by atoms with E-state index in [0.29, 0.717) is 0 Å². The lowest BCUT2D eigenvalue weighted by atomic mass is 10.1. The molecule has 1 aliphatic rings. The van der Waals surface area contributed by atoms with Gasteiger partial charge in [-0.1, -0.05) is 5.92 Å². The fourth-order valence-electron chi connectivity index (χ4n) is 1.25. The Bertz CT molecular complexity index is 246. The highest BCUT2D eigenvalue weighted by atomic mass is 16.3. The molecule has 1 heteroatoms. The molecule has 1 unspecified atom stereocenters. The van der Waals surface area contributed by atoms with Crippen LogP contribution in [0, 0.1) is 23.7 Å². The van der Waals surface area contributed by atoms with Crippen molar-refractivity contribution in [2.45, 2.75) is 51.0 Å². The van der Waals surface area contributed by atoms with Crippen molar-refractivity contribution in [2.75, 3.05) is 0 Å². The Hall–Kier alpha value is -0.920. The number of hydrogen-bond donors (Lipinski definition) is 1. The lowest BCUT2D eigenvalue weighted by molar-refractivity contribution is 0.219. The molecule has 1 N–H and O–H groups in total. The van der Waals surface area contributed by atoms with Gasteiger partial charge in [-0.15, -0.1) is 17.8 Å². The largest absolute Gasteiger partial charge is 0.380 e. The van der Waals surface area contributed by atoms with Crippen molar-refractivity contribution >= 4 is 0 Å². The highest BCUT2D eigenvalue weighted by Crippen LogP contribution is 2.02. The lowest BCUT2D eigenvalue weighted by Crippen LogP contribution is -2.01. The highest BCUT2D eigenvalue weighted by molar-refractivity contribution is 5.06. The van der Waals surface area contributed by atoms with Gasteiger partial charge in [-0.05, 0) is 25.7 Å². The Balaban J connectivity index is 2.36. The van der Waals surface area contributed by atoms with E-state index in [1.807, 2.05) is 0 Å². The molecule has 1 rings (SSSR count). The second-order valence-electron chi connectivity index (χ2n) is 3.29. The molecule has 1 atom stereocenters. The van der Waals surface area contributed by atoms with Crippen molar-refractivity contribution < 1.29 is 5.11 Å². The summed E-state index contributed by atoms with van der Waals surface area (Å²) >= 11 is 0. The second-order valence-corrected chi connectivity index (χ2v) is 3.29. The maximum absolute atomic E-state index is 9.37. The van der Waals surface area contributed by atoms with Crippen molar-refractivity contribution in [3.05, 3.63) is 0 Å². The number of hydrogen-bond acceptors (Lipinski definition) is 1. The van der Waals surface area contributed by atoms with E-state index in [0.717, 1.165) is 44.9 Å². The molecule has 70 valence electrons. The summed E-state index contributed by atoms with van der Waals surface area (Å²) in [6.07, 6.45) is 6.35. The second kappa shape index (κ2) is 6.58. The van der Waals surface area contributed by atoms with Crippen LogP contribution in [0.25, 0.3) is 0 Å². The Kier molecular flexibility index (Phi) is 5.14. The van der Waals surface area contributed by atoms with E-state index < -0.39 is 6.10 Å². The highest BCUT2D eigenvalue weighted by Gasteiger charge is 1.97. The molecule has 0 spiro atoms. The first-order chi connectivity index (χ1) is 6.39. The molecular weight excluding hydrogens is 160 g/mol. The molecule has 0 radical (unpaired) electrons. The van der Waals surface area contributed by atoms with Crippen molar-refractivity contribution in [1.29, 1.82) is 0 Å². The fraction of sp³-hybridized carbons (Fsp3) is 0.667. The van der Waals surface area contributed by atoms with E-state index in [9.17, 15) is 5.11 Å². The van der Waals surface area contributed by atoms with Gasteiger partial charge in [-0.2, -0.15) is 0 Å². The predicted octanol–water partition coefficient (Wildman–Crippen LogP) is 2.10. The summed E-state index contributed by atoms with van der Waals surface area (Å²) in [6.45, 7) is 0. The van der Waals surface area contributed by atoms with Gasteiger partial charge < -0.3 is 5.11 Å². The topological polar surface area (TPSA) is 20.2 Å². The molecule has 13 heavy (non-hydrogen) atoms. The summed E-state index contributed by atoms with van der Waals surface area (Å²) in [4.78, 5) is 0. The summed E-state index contributed by atoms with van der Waals surface area (Å²) < 4.78 is 0. The number of aliphatic hydroxyl groups excluding tert-OH is 1. The van der Waals surface area contributed by atoms with E-state index in [2.05, 4.69) is 23.7 Å². The molecule has 0 saturated carbocycles. The third kappa shape index (κ3) is 5.34. The SMILES string of the molecule is OC1C#CCCCCC#CCCC1. The van der Waals surface area contributed by atoms with Crippen LogP contribution in [-0.4, -0.2) is 11.2 Å². The average Bonchev–Trinajstić information content (AvgIpc) is 2.11. The maximum atomic E-state index is 9.37. The Morgan fingerprint density at radius 1 is 0.846 bits per heavy atom.